The van der Waals surface area contributed by atoms with Gasteiger partial charge in [-0.15, -0.1) is 0 Å². The molecule has 0 spiro atoms. The topological polar surface area (TPSA) is 52.8 Å². The van der Waals surface area contributed by atoms with Crippen molar-refractivity contribution in [3.05, 3.63) is 0 Å². The molecule has 0 saturated carbocycles. The van der Waals surface area contributed by atoms with Crippen molar-refractivity contribution in [3.8, 4) is 0 Å². The first-order valence-electron chi connectivity index (χ1n) is 7.06. The monoisotopic (exact) mass is 254 g/mol. The maximum atomic E-state index is 12.4. The fourth-order valence-corrected chi connectivity index (χ4v) is 3.09. The first kappa shape index (κ1) is 13.8. The molecule has 2 atom stereocenters. The number of likely N-dealkylation sites (tertiary alicyclic amines) is 1. The molecule has 2 saturated heterocycles. The molecule has 2 unspecified atom stereocenters. The van der Waals surface area contributed by atoms with Crippen LogP contribution >= 0.6 is 0 Å². The molecule has 104 valence electrons. The number of hydrogen-bond donors (Lipinski definition) is 1. The van der Waals surface area contributed by atoms with Gasteiger partial charge >= 0.3 is 0 Å². The Kier molecular flexibility index (Phi) is 4.59. The molecular weight excluding hydrogens is 228 g/mol. The summed E-state index contributed by atoms with van der Waals surface area (Å²) < 4.78 is 0. The molecule has 1 amide bonds. The van der Waals surface area contributed by atoms with Crippen molar-refractivity contribution in [1.82, 2.24) is 14.7 Å². The van der Waals surface area contributed by atoms with Crippen LogP contribution in [0.1, 0.15) is 19.8 Å². The third-order valence-electron chi connectivity index (χ3n) is 4.28. The molecule has 2 aliphatic rings. The zero-order valence-corrected chi connectivity index (χ0v) is 11.6. The zero-order valence-electron chi connectivity index (χ0n) is 11.6. The van der Waals surface area contributed by atoms with Crippen molar-refractivity contribution >= 4 is 5.91 Å². The summed E-state index contributed by atoms with van der Waals surface area (Å²) in [6, 6.07) is 0.288. The SMILES string of the molecule is CC(C(=O)N1CCCC1)N1CCN(C)CC1CN. The number of nitrogens with zero attached hydrogens (tertiary/aromatic N) is 3. The van der Waals surface area contributed by atoms with Gasteiger partial charge in [-0.1, -0.05) is 0 Å². The van der Waals surface area contributed by atoms with Gasteiger partial charge in [0, 0.05) is 45.3 Å². The van der Waals surface area contributed by atoms with Crippen molar-refractivity contribution in [2.75, 3.05) is 46.3 Å². The minimum absolute atomic E-state index is 0.0228. The Hall–Kier alpha value is -0.650. The molecule has 0 radical (unpaired) electrons. The first-order chi connectivity index (χ1) is 8.63. The van der Waals surface area contributed by atoms with Crippen LogP contribution in [0.3, 0.4) is 0 Å². The normalized spacial score (nSPS) is 28.6. The average Bonchev–Trinajstić information content (AvgIpc) is 2.90. The second-order valence-electron chi connectivity index (χ2n) is 5.60. The molecule has 0 aromatic rings. The lowest BCUT2D eigenvalue weighted by molar-refractivity contribution is -0.137. The molecule has 2 fully saturated rings. The van der Waals surface area contributed by atoms with Gasteiger partial charge in [-0.25, -0.2) is 0 Å². The fourth-order valence-electron chi connectivity index (χ4n) is 3.09. The van der Waals surface area contributed by atoms with E-state index in [1.165, 1.54) is 0 Å². The molecule has 5 nitrogen and oxygen atoms in total. The van der Waals surface area contributed by atoms with Crippen molar-refractivity contribution in [1.29, 1.82) is 0 Å². The van der Waals surface area contributed by atoms with Gasteiger partial charge in [-0.2, -0.15) is 0 Å². The Morgan fingerprint density at radius 3 is 2.56 bits per heavy atom. The highest BCUT2D eigenvalue weighted by molar-refractivity contribution is 5.81. The molecule has 0 bridgehead atoms. The van der Waals surface area contributed by atoms with E-state index in [0.29, 0.717) is 12.6 Å². The number of hydrogen-bond acceptors (Lipinski definition) is 4. The van der Waals surface area contributed by atoms with Crippen LogP contribution < -0.4 is 5.73 Å². The van der Waals surface area contributed by atoms with E-state index in [9.17, 15) is 4.79 Å². The maximum Gasteiger partial charge on any atom is 0.239 e. The number of carbonyl (C=O) groups is 1. The number of carbonyl (C=O) groups excluding carboxylic acids is 1. The molecular formula is C13H26N4O. The van der Waals surface area contributed by atoms with Gasteiger partial charge in [0.05, 0.1) is 6.04 Å². The van der Waals surface area contributed by atoms with Crippen LogP contribution in [-0.4, -0.2) is 79.0 Å². The Balaban J connectivity index is 1.97. The van der Waals surface area contributed by atoms with Crippen molar-refractivity contribution in [2.24, 2.45) is 5.73 Å². The quantitative estimate of drug-likeness (QED) is 0.743. The summed E-state index contributed by atoms with van der Waals surface area (Å²) in [4.78, 5) is 19.0. The Morgan fingerprint density at radius 1 is 1.28 bits per heavy atom. The van der Waals surface area contributed by atoms with E-state index >= 15 is 0 Å². The predicted molar refractivity (Wildman–Crippen MR) is 72.3 cm³/mol. The minimum Gasteiger partial charge on any atom is -0.341 e. The van der Waals surface area contributed by atoms with Crippen molar-refractivity contribution in [2.45, 2.75) is 31.8 Å². The van der Waals surface area contributed by atoms with Crippen molar-refractivity contribution in [3.63, 3.8) is 0 Å². The molecule has 0 aliphatic carbocycles. The number of likely N-dealkylation sites (N-methyl/N-ethyl adjacent to an activating group) is 1. The second kappa shape index (κ2) is 5.99. The van der Waals surface area contributed by atoms with E-state index in [1.54, 1.807) is 0 Å². The van der Waals surface area contributed by atoms with Crippen LogP contribution in [0.25, 0.3) is 0 Å². The van der Waals surface area contributed by atoms with Crippen LogP contribution in [0.15, 0.2) is 0 Å². The summed E-state index contributed by atoms with van der Waals surface area (Å²) in [5, 5.41) is 0. The summed E-state index contributed by atoms with van der Waals surface area (Å²) in [6.07, 6.45) is 2.31. The summed E-state index contributed by atoms with van der Waals surface area (Å²) in [6.45, 7) is 7.46. The standard InChI is InChI=1S/C13H26N4O/c1-11(13(18)16-5-3-4-6-16)17-8-7-15(2)10-12(17)9-14/h11-12H,3-10,14H2,1-2H3. The van der Waals surface area contributed by atoms with E-state index in [2.05, 4.69) is 16.8 Å². The maximum absolute atomic E-state index is 12.4. The zero-order chi connectivity index (χ0) is 13.1. The van der Waals surface area contributed by atoms with Gasteiger partial charge in [-0.3, -0.25) is 9.69 Å². The van der Waals surface area contributed by atoms with E-state index in [1.807, 2.05) is 11.8 Å². The van der Waals surface area contributed by atoms with Gasteiger partial charge in [0.1, 0.15) is 0 Å². The fraction of sp³-hybridized carbons (Fsp3) is 0.923. The van der Waals surface area contributed by atoms with Crippen molar-refractivity contribution < 1.29 is 4.79 Å². The summed E-state index contributed by atoms with van der Waals surface area (Å²) >= 11 is 0. The molecule has 0 aromatic heterocycles. The molecule has 2 heterocycles. The van der Waals surface area contributed by atoms with E-state index in [-0.39, 0.29) is 11.9 Å². The Labute approximate surface area is 110 Å². The number of nitrogens with two attached hydrogens (primary N) is 1. The average molecular weight is 254 g/mol. The predicted octanol–water partition coefficient (Wildman–Crippen LogP) is -0.428. The lowest BCUT2D eigenvalue weighted by atomic mass is 10.1. The van der Waals surface area contributed by atoms with Gasteiger partial charge in [0.2, 0.25) is 5.91 Å². The van der Waals surface area contributed by atoms with Crippen LogP contribution in [0, 0.1) is 0 Å². The highest BCUT2D eigenvalue weighted by atomic mass is 16.2. The highest BCUT2D eigenvalue weighted by Gasteiger charge is 2.33. The number of amides is 1. The third-order valence-corrected chi connectivity index (χ3v) is 4.28. The van der Waals surface area contributed by atoms with Gasteiger partial charge in [0.15, 0.2) is 0 Å². The van der Waals surface area contributed by atoms with Crippen LogP contribution in [0.2, 0.25) is 0 Å². The van der Waals surface area contributed by atoms with Crippen LogP contribution in [-0.2, 0) is 4.79 Å². The minimum atomic E-state index is -0.0228. The molecule has 0 aromatic carbocycles. The van der Waals surface area contributed by atoms with Crippen LogP contribution in [0.5, 0.6) is 0 Å². The summed E-state index contributed by atoms with van der Waals surface area (Å²) in [5.41, 5.74) is 5.85. The van der Waals surface area contributed by atoms with E-state index in [4.69, 9.17) is 5.73 Å². The highest BCUT2D eigenvalue weighted by Crippen LogP contribution is 2.16. The molecule has 5 heteroatoms. The number of piperazine rings is 1. The van der Waals surface area contributed by atoms with Gasteiger partial charge in [0.25, 0.3) is 0 Å². The molecule has 2 N–H and O–H groups in total. The Bertz CT molecular complexity index is 291. The lowest BCUT2D eigenvalue weighted by Gasteiger charge is -2.43. The Morgan fingerprint density at radius 2 is 1.94 bits per heavy atom. The molecule has 2 rings (SSSR count). The van der Waals surface area contributed by atoms with Gasteiger partial charge in [-0.05, 0) is 26.8 Å². The number of rotatable bonds is 3. The van der Waals surface area contributed by atoms with E-state index in [0.717, 1.165) is 45.6 Å². The van der Waals surface area contributed by atoms with E-state index < -0.39 is 0 Å². The third kappa shape index (κ3) is 2.84. The first-order valence-corrected chi connectivity index (χ1v) is 7.06. The lowest BCUT2D eigenvalue weighted by Crippen LogP contribution is -2.60. The van der Waals surface area contributed by atoms with Crippen LogP contribution in [0.4, 0.5) is 0 Å². The largest absolute Gasteiger partial charge is 0.341 e. The molecule has 18 heavy (non-hydrogen) atoms. The second-order valence-corrected chi connectivity index (χ2v) is 5.60. The summed E-state index contributed by atoms with van der Waals surface area (Å²) in [7, 11) is 2.12. The summed E-state index contributed by atoms with van der Waals surface area (Å²) in [5.74, 6) is 0.288. The van der Waals surface area contributed by atoms with Gasteiger partial charge < -0.3 is 15.5 Å². The molecule has 2 aliphatic heterocycles. The smallest absolute Gasteiger partial charge is 0.239 e.